The molecule has 152 valence electrons. The van der Waals surface area contributed by atoms with E-state index < -0.39 is 11.5 Å². The highest BCUT2D eigenvalue weighted by molar-refractivity contribution is 6.00. The zero-order chi connectivity index (χ0) is 19.5. The molecule has 1 heterocycles. The van der Waals surface area contributed by atoms with Crippen molar-refractivity contribution >= 4 is 29.9 Å². The summed E-state index contributed by atoms with van der Waals surface area (Å²) < 4.78 is 10.5. The van der Waals surface area contributed by atoms with E-state index in [2.05, 4.69) is 5.32 Å². The summed E-state index contributed by atoms with van der Waals surface area (Å²) in [6.45, 7) is 6.62. The molecule has 1 fully saturated rings. The highest BCUT2D eigenvalue weighted by atomic mass is 35.5. The van der Waals surface area contributed by atoms with Crippen molar-refractivity contribution in [3.8, 4) is 11.5 Å². The standard InChI is InChI=1S/C19H29N3O4.ClH/c1-12(2)19(3,11-20)21-18(24)13-6-17(23)22(10-13)14-7-15(25-4)9-16(8-14)26-5;/h7-9,12-13H,6,10-11,20H2,1-5H3,(H,21,24);1H. The topological polar surface area (TPSA) is 93.9 Å². The normalized spacial score (nSPS) is 18.7. The van der Waals surface area contributed by atoms with Crippen molar-refractivity contribution in [1.82, 2.24) is 5.32 Å². The summed E-state index contributed by atoms with van der Waals surface area (Å²) in [5, 5.41) is 3.03. The lowest BCUT2D eigenvalue weighted by Crippen LogP contribution is -2.56. The Morgan fingerprint density at radius 3 is 2.30 bits per heavy atom. The minimum Gasteiger partial charge on any atom is -0.497 e. The molecule has 2 unspecified atom stereocenters. The van der Waals surface area contributed by atoms with E-state index in [0.717, 1.165) is 0 Å². The van der Waals surface area contributed by atoms with E-state index in [0.29, 0.717) is 30.3 Å². The van der Waals surface area contributed by atoms with Crippen LogP contribution in [0.5, 0.6) is 11.5 Å². The van der Waals surface area contributed by atoms with E-state index in [4.69, 9.17) is 15.2 Å². The average molecular weight is 400 g/mol. The number of hydrogen-bond donors (Lipinski definition) is 2. The Labute approximate surface area is 167 Å². The summed E-state index contributed by atoms with van der Waals surface area (Å²) in [5.41, 5.74) is 6.01. The Hall–Kier alpha value is -1.99. The third-order valence-electron chi connectivity index (χ3n) is 5.25. The minimum absolute atomic E-state index is 0. The molecule has 0 spiro atoms. The molecular weight excluding hydrogens is 370 g/mol. The predicted molar refractivity (Wildman–Crippen MR) is 108 cm³/mol. The largest absolute Gasteiger partial charge is 0.497 e. The minimum atomic E-state index is -0.493. The van der Waals surface area contributed by atoms with Crippen molar-refractivity contribution < 1.29 is 19.1 Å². The number of nitrogens with zero attached hydrogens (tertiary/aromatic N) is 1. The summed E-state index contributed by atoms with van der Waals surface area (Å²) in [5.74, 6) is 0.722. The summed E-state index contributed by atoms with van der Waals surface area (Å²) in [6.07, 6.45) is 0.171. The number of carbonyl (C=O) groups excluding carboxylic acids is 2. The fourth-order valence-corrected chi connectivity index (χ4v) is 2.90. The zero-order valence-electron chi connectivity index (χ0n) is 16.6. The molecular formula is C19H30ClN3O4. The lowest BCUT2D eigenvalue weighted by molar-refractivity contribution is -0.128. The van der Waals surface area contributed by atoms with Gasteiger partial charge in [-0.25, -0.2) is 0 Å². The molecule has 1 aliphatic heterocycles. The fraction of sp³-hybridized carbons (Fsp3) is 0.579. The molecule has 27 heavy (non-hydrogen) atoms. The Morgan fingerprint density at radius 2 is 1.85 bits per heavy atom. The number of halogens is 1. The lowest BCUT2D eigenvalue weighted by atomic mass is 9.87. The second-order valence-corrected chi connectivity index (χ2v) is 7.24. The first kappa shape index (κ1) is 23.0. The number of carbonyl (C=O) groups is 2. The van der Waals surface area contributed by atoms with Gasteiger partial charge in [0.25, 0.3) is 0 Å². The molecule has 0 saturated carbocycles. The van der Waals surface area contributed by atoms with E-state index in [9.17, 15) is 9.59 Å². The van der Waals surface area contributed by atoms with Gasteiger partial charge in [0.2, 0.25) is 11.8 Å². The van der Waals surface area contributed by atoms with Crippen LogP contribution in [0.3, 0.4) is 0 Å². The van der Waals surface area contributed by atoms with Gasteiger partial charge in [0.1, 0.15) is 11.5 Å². The van der Waals surface area contributed by atoms with E-state index in [1.165, 1.54) is 0 Å². The van der Waals surface area contributed by atoms with Gasteiger partial charge in [-0.3, -0.25) is 9.59 Å². The highest BCUT2D eigenvalue weighted by Crippen LogP contribution is 2.32. The van der Waals surface area contributed by atoms with Crippen LogP contribution in [0.25, 0.3) is 0 Å². The zero-order valence-corrected chi connectivity index (χ0v) is 17.4. The molecule has 8 heteroatoms. The summed E-state index contributed by atoms with van der Waals surface area (Å²) in [7, 11) is 3.11. The number of hydrogen-bond acceptors (Lipinski definition) is 5. The molecule has 2 amide bonds. The lowest BCUT2D eigenvalue weighted by Gasteiger charge is -2.34. The van der Waals surface area contributed by atoms with Crippen LogP contribution in [0.2, 0.25) is 0 Å². The highest BCUT2D eigenvalue weighted by Gasteiger charge is 2.38. The van der Waals surface area contributed by atoms with Crippen LogP contribution in [0.15, 0.2) is 18.2 Å². The third kappa shape index (κ3) is 5.05. The van der Waals surface area contributed by atoms with Crippen molar-refractivity contribution in [1.29, 1.82) is 0 Å². The number of nitrogens with two attached hydrogens (primary N) is 1. The summed E-state index contributed by atoms with van der Waals surface area (Å²) in [6, 6.07) is 5.27. The van der Waals surface area contributed by atoms with Gasteiger partial charge >= 0.3 is 0 Å². The summed E-state index contributed by atoms with van der Waals surface area (Å²) >= 11 is 0. The molecule has 0 bridgehead atoms. The first-order valence-electron chi connectivity index (χ1n) is 8.79. The maximum Gasteiger partial charge on any atom is 0.227 e. The van der Waals surface area contributed by atoms with E-state index in [1.807, 2.05) is 20.8 Å². The maximum atomic E-state index is 12.7. The van der Waals surface area contributed by atoms with Crippen molar-refractivity contribution in [3.05, 3.63) is 18.2 Å². The number of benzene rings is 1. The van der Waals surface area contributed by atoms with Gasteiger partial charge in [-0.15, -0.1) is 12.4 Å². The van der Waals surface area contributed by atoms with Gasteiger partial charge in [0, 0.05) is 37.7 Å². The van der Waals surface area contributed by atoms with Crippen LogP contribution in [-0.4, -0.2) is 44.7 Å². The number of nitrogens with one attached hydrogen (secondary N) is 1. The molecule has 2 rings (SSSR count). The van der Waals surface area contributed by atoms with Crippen LogP contribution in [0.4, 0.5) is 5.69 Å². The van der Waals surface area contributed by atoms with E-state index in [1.54, 1.807) is 37.3 Å². The molecule has 1 aromatic rings. The van der Waals surface area contributed by atoms with Crippen molar-refractivity contribution in [3.63, 3.8) is 0 Å². The van der Waals surface area contributed by atoms with Crippen LogP contribution in [-0.2, 0) is 9.59 Å². The molecule has 0 aromatic heterocycles. The quantitative estimate of drug-likeness (QED) is 0.731. The second-order valence-electron chi connectivity index (χ2n) is 7.24. The smallest absolute Gasteiger partial charge is 0.227 e. The van der Waals surface area contributed by atoms with Crippen LogP contribution in [0, 0.1) is 11.8 Å². The molecule has 0 aliphatic carbocycles. The van der Waals surface area contributed by atoms with Crippen molar-refractivity contribution in [2.24, 2.45) is 17.6 Å². The van der Waals surface area contributed by atoms with Crippen LogP contribution < -0.4 is 25.4 Å². The monoisotopic (exact) mass is 399 g/mol. The average Bonchev–Trinajstić information content (AvgIpc) is 3.02. The van der Waals surface area contributed by atoms with Gasteiger partial charge in [0.15, 0.2) is 0 Å². The van der Waals surface area contributed by atoms with E-state index in [-0.39, 0.29) is 36.6 Å². The second kappa shape index (κ2) is 9.28. The van der Waals surface area contributed by atoms with Crippen LogP contribution >= 0.6 is 12.4 Å². The summed E-state index contributed by atoms with van der Waals surface area (Å²) in [4.78, 5) is 26.8. The Balaban J connectivity index is 0.00000364. The molecule has 1 saturated heterocycles. The first-order chi connectivity index (χ1) is 12.2. The molecule has 7 nitrogen and oxygen atoms in total. The maximum absolute atomic E-state index is 12.7. The van der Waals surface area contributed by atoms with Gasteiger partial charge in [-0.1, -0.05) is 13.8 Å². The van der Waals surface area contributed by atoms with Gasteiger partial charge in [-0.05, 0) is 12.8 Å². The number of rotatable bonds is 7. The third-order valence-corrected chi connectivity index (χ3v) is 5.25. The Kier molecular flexibility index (Phi) is 7.92. The number of amides is 2. The Bertz CT molecular complexity index is 661. The van der Waals surface area contributed by atoms with Crippen LogP contribution in [0.1, 0.15) is 27.2 Å². The number of anilines is 1. The molecule has 2 atom stereocenters. The molecule has 3 N–H and O–H groups in total. The van der Waals surface area contributed by atoms with Gasteiger partial charge < -0.3 is 25.4 Å². The number of methoxy groups -OCH3 is 2. The van der Waals surface area contributed by atoms with Crippen molar-refractivity contribution in [2.75, 3.05) is 32.2 Å². The van der Waals surface area contributed by atoms with E-state index >= 15 is 0 Å². The number of ether oxygens (including phenoxy) is 2. The molecule has 0 radical (unpaired) electrons. The molecule has 1 aliphatic rings. The Morgan fingerprint density at radius 1 is 1.30 bits per heavy atom. The van der Waals surface area contributed by atoms with Crippen molar-refractivity contribution in [2.45, 2.75) is 32.7 Å². The SMILES string of the molecule is COc1cc(OC)cc(N2CC(C(=O)NC(C)(CN)C(C)C)CC2=O)c1.Cl. The first-order valence-corrected chi connectivity index (χ1v) is 8.79. The fourth-order valence-electron chi connectivity index (χ4n) is 2.90. The molecule has 1 aromatic carbocycles. The predicted octanol–water partition coefficient (Wildman–Crippen LogP) is 1.97. The van der Waals surface area contributed by atoms with Gasteiger partial charge in [-0.2, -0.15) is 0 Å². The van der Waals surface area contributed by atoms with Gasteiger partial charge in [0.05, 0.1) is 31.4 Å².